The fourth-order valence-electron chi connectivity index (χ4n) is 3.24. The van der Waals surface area contributed by atoms with Crippen LogP contribution < -0.4 is 5.32 Å². The quantitative estimate of drug-likeness (QED) is 0.582. The van der Waals surface area contributed by atoms with Crippen molar-refractivity contribution in [3.63, 3.8) is 0 Å². The summed E-state index contributed by atoms with van der Waals surface area (Å²) in [5, 5.41) is 2.40. The normalized spacial score (nSPS) is 40.9. The average molecular weight is 194 g/mol. The molecule has 3 fully saturated rings. The Balaban J connectivity index is 1.90. The van der Waals surface area contributed by atoms with E-state index in [9.17, 15) is 9.59 Å². The van der Waals surface area contributed by atoms with E-state index in [-0.39, 0.29) is 18.0 Å². The maximum atomic E-state index is 11.5. The summed E-state index contributed by atoms with van der Waals surface area (Å²) in [5.41, 5.74) is 0. The van der Waals surface area contributed by atoms with Crippen LogP contribution in [0.4, 0.5) is 4.79 Å². The molecule has 1 N–H and O–H groups in total. The van der Waals surface area contributed by atoms with Crippen LogP contribution in [0.5, 0.6) is 0 Å². The molecule has 0 bridgehead atoms. The molecule has 14 heavy (non-hydrogen) atoms. The molecule has 0 spiro atoms. The van der Waals surface area contributed by atoms with E-state index in [1.54, 1.807) is 4.90 Å². The summed E-state index contributed by atoms with van der Waals surface area (Å²) in [4.78, 5) is 24.7. The second-order valence-electron chi connectivity index (χ2n) is 4.57. The van der Waals surface area contributed by atoms with Gasteiger partial charge in [-0.3, -0.25) is 10.1 Å². The lowest BCUT2D eigenvalue weighted by Gasteiger charge is -2.29. The molecule has 0 radical (unpaired) electrons. The maximum Gasteiger partial charge on any atom is 0.325 e. The zero-order valence-corrected chi connectivity index (χ0v) is 8.03. The molecule has 3 rings (SSSR count). The van der Waals surface area contributed by atoms with Crippen molar-refractivity contribution in [3.8, 4) is 0 Å². The molecule has 3 atom stereocenters. The van der Waals surface area contributed by atoms with Gasteiger partial charge in [-0.25, -0.2) is 4.79 Å². The summed E-state index contributed by atoms with van der Waals surface area (Å²) in [6.45, 7) is 0. The molecule has 4 heteroatoms. The number of urea groups is 1. The predicted molar refractivity (Wildman–Crippen MR) is 49.5 cm³/mol. The molecule has 1 aliphatic carbocycles. The Morgan fingerprint density at radius 1 is 1.21 bits per heavy atom. The van der Waals surface area contributed by atoms with E-state index >= 15 is 0 Å². The van der Waals surface area contributed by atoms with Gasteiger partial charge in [0.1, 0.15) is 6.04 Å². The van der Waals surface area contributed by atoms with Crippen LogP contribution >= 0.6 is 0 Å². The molecule has 3 amide bonds. The second-order valence-corrected chi connectivity index (χ2v) is 4.57. The molecular weight excluding hydrogens is 180 g/mol. The fourth-order valence-corrected chi connectivity index (χ4v) is 3.24. The van der Waals surface area contributed by atoms with Gasteiger partial charge in [-0.05, 0) is 25.2 Å². The van der Waals surface area contributed by atoms with Gasteiger partial charge in [-0.2, -0.15) is 0 Å². The van der Waals surface area contributed by atoms with E-state index in [0.717, 1.165) is 12.8 Å². The SMILES string of the molecule is O=C1NC(=O)N2C1CC1CCCCC12. The van der Waals surface area contributed by atoms with E-state index < -0.39 is 0 Å². The van der Waals surface area contributed by atoms with Crippen LogP contribution in [0.15, 0.2) is 0 Å². The van der Waals surface area contributed by atoms with Crippen molar-refractivity contribution >= 4 is 11.9 Å². The maximum absolute atomic E-state index is 11.5. The molecule has 76 valence electrons. The van der Waals surface area contributed by atoms with Gasteiger partial charge in [0.25, 0.3) is 5.91 Å². The van der Waals surface area contributed by atoms with Crippen LogP contribution in [0.1, 0.15) is 32.1 Å². The highest BCUT2D eigenvalue weighted by molar-refractivity contribution is 6.04. The third-order valence-electron chi connectivity index (χ3n) is 3.86. The van der Waals surface area contributed by atoms with Crippen LogP contribution in [-0.4, -0.2) is 28.9 Å². The first-order valence-electron chi connectivity index (χ1n) is 5.40. The first-order valence-corrected chi connectivity index (χ1v) is 5.40. The molecule has 1 saturated carbocycles. The van der Waals surface area contributed by atoms with Gasteiger partial charge in [0, 0.05) is 6.04 Å². The first-order chi connectivity index (χ1) is 6.77. The third kappa shape index (κ3) is 0.938. The molecule has 4 nitrogen and oxygen atoms in total. The van der Waals surface area contributed by atoms with Gasteiger partial charge in [-0.15, -0.1) is 0 Å². The number of amides is 3. The number of carbonyl (C=O) groups is 2. The number of nitrogens with one attached hydrogen (secondary N) is 1. The van der Waals surface area contributed by atoms with Gasteiger partial charge < -0.3 is 4.90 Å². The van der Waals surface area contributed by atoms with Crippen LogP contribution in [0, 0.1) is 5.92 Å². The minimum absolute atomic E-state index is 0.0793. The Morgan fingerprint density at radius 2 is 2.00 bits per heavy atom. The van der Waals surface area contributed by atoms with Crippen molar-refractivity contribution in [1.29, 1.82) is 0 Å². The number of rotatable bonds is 0. The molecule has 3 unspecified atom stereocenters. The fraction of sp³-hybridized carbons (Fsp3) is 0.800. The van der Waals surface area contributed by atoms with Gasteiger partial charge in [0.05, 0.1) is 0 Å². The van der Waals surface area contributed by atoms with Gasteiger partial charge >= 0.3 is 6.03 Å². The van der Waals surface area contributed by atoms with Gasteiger partial charge in [-0.1, -0.05) is 12.8 Å². The Labute approximate surface area is 82.6 Å². The highest BCUT2D eigenvalue weighted by atomic mass is 16.2. The Hall–Kier alpha value is -1.06. The van der Waals surface area contributed by atoms with E-state index in [4.69, 9.17) is 0 Å². The van der Waals surface area contributed by atoms with Crippen molar-refractivity contribution in [2.24, 2.45) is 5.92 Å². The second kappa shape index (κ2) is 2.72. The van der Waals surface area contributed by atoms with Gasteiger partial charge in [0.15, 0.2) is 0 Å². The van der Waals surface area contributed by atoms with E-state index in [1.165, 1.54) is 19.3 Å². The standard InChI is InChI=1S/C10H14N2O2/c13-9-8-5-6-3-1-2-4-7(6)12(8)10(14)11-9/h6-8H,1-5H2,(H,11,13,14). The molecule has 0 aromatic heterocycles. The largest absolute Gasteiger partial charge is 0.325 e. The highest BCUT2D eigenvalue weighted by Crippen LogP contribution is 2.41. The number of imide groups is 1. The zero-order chi connectivity index (χ0) is 9.71. The molecule has 2 aliphatic heterocycles. The number of fused-ring (bicyclic) bond motifs is 3. The first kappa shape index (κ1) is 8.26. The van der Waals surface area contributed by atoms with Crippen molar-refractivity contribution in [2.45, 2.75) is 44.2 Å². The van der Waals surface area contributed by atoms with Gasteiger partial charge in [0.2, 0.25) is 0 Å². The van der Waals surface area contributed by atoms with Crippen molar-refractivity contribution in [3.05, 3.63) is 0 Å². The monoisotopic (exact) mass is 194 g/mol. The molecule has 2 saturated heterocycles. The number of nitrogens with zero attached hydrogens (tertiary/aromatic N) is 1. The summed E-state index contributed by atoms with van der Waals surface area (Å²) in [6, 6.07) is 0.0465. The summed E-state index contributed by atoms with van der Waals surface area (Å²) in [6.07, 6.45) is 5.63. The van der Waals surface area contributed by atoms with E-state index in [0.29, 0.717) is 12.0 Å². The van der Waals surface area contributed by atoms with Crippen molar-refractivity contribution in [2.75, 3.05) is 0 Å². The highest BCUT2D eigenvalue weighted by Gasteiger charge is 2.51. The number of hydrogen-bond acceptors (Lipinski definition) is 2. The Kier molecular flexibility index (Phi) is 1.60. The van der Waals surface area contributed by atoms with Crippen LogP contribution in [0.2, 0.25) is 0 Å². The average Bonchev–Trinajstić information content (AvgIpc) is 2.66. The summed E-state index contributed by atoms with van der Waals surface area (Å²) in [5.74, 6) is 0.508. The molecular formula is C10H14N2O2. The molecule has 0 aromatic carbocycles. The van der Waals surface area contributed by atoms with E-state index in [1.807, 2.05) is 0 Å². The van der Waals surface area contributed by atoms with Crippen molar-refractivity contribution < 1.29 is 9.59 Å². The third-order valence-corrected chi connectivity index (χ3v) is 3.86. The molecule has 2 heterocycles. The predicted octanol–water partition coefficient (Wildman–Crippen LogP) is 0.869. The Morgan fingerprint density at radius 3 is 2.86 bits per heavy atom. The smallest absolute Gasteiger partial charge is 0.309 e. The number of carbonyl (C=O) groups excluding carboxylic acids is 2. The van der Waals surface area contributed by atoms with Crippen LogP contribution in [0.3, 0.4) is 0 Å². The zero-order valence-electron chi connectivity index (χ0n) is 8.03. The topological polar surface area (TPSA) is 49.4 Å². The van der Waals surface area contributed by atoms with Crippen LogP contribution in [-0.2, 0) is 4.79 Å². The number of hydrogen-bond donors (Lipinski definition) is 1. The Bertz CT molecular complexity index is 302. The molecule has 3 aliphatic rings. The lowest BCUT2D eigenvalue weighted by molar-refractivity contribution is -0.121. The van der Waals surface area contributed by atoms with E-state index in [2.05, 4.69) is 5.32 Å². The van der Waals surface area contributed by atoms with Crippen molar-refractivity contribution in [1.82, 2.24) is 10.2 Å². The minimum atomic E-state index is -0.158. The summed E-state index contributed by atoms with van der Waals surface area (Å²) >= 11 is 0. The lowest BCUT2D eigenvalue weighted by Crippen LogP contribution is -2.39. The molecule has 0 aromatic rings. The van der Waals surface area contributed by atoms with Crippen LogP contribution in [0.25, 0.3) is 0 Å². The summed E-state index contributed by atoms with van der Waals surface area (Å²) in [7, 11) is 0. The summed E-state index contributed by atoms with van der Waals surface area (Å²) < 4.78 is 0. The minimum Gasteiger partial charge on any atom is -0.309 e. The lowest BCUT2D eigenvalue weighted by atomic mass is 9.84.